The van der Waals surface area contributed by atoms with Crippen LogP contribution in [0, 0.1) is 0 Å². The van der Waals surface area contributed by atoms with Gasteiger partial charge in [0, 0.05) is 25.0 Å². The fourth-order valence-corrected chi connectivity index (χ4v) is 4.50. The quantitative estimate of drug-likeness (QED) is 0.839. The van der Waals surface area contributed by atoms with Gasteiger partial charge in [-0.3, -0.25) is 0 Å². The molecule has 124 valence electrons. The van der Waals surface area contributed by atoms with Gasteiger partial charge in [0.1, 0.15) is 0 Å². The molecule has 1 unspecified atom stereocenters. The van der Waals surface area contributed by atoms with Gasteiger partial charge in [-0.25, -0.2) is 8.42 Å². The second-order valence-corrected chi connectivity index (χ2v) is 7.33. The van der Waals surface area contributed by atoms with E-state index in [2.05, 4.69) is 0 Å². The van der Waals surface area contributed by atoms with Crippen LogP contribution in [-0.4, -0.2) is 23.8 Å². The van der Waals surface area contributed by atoms with Crippen molar-refractivity contribution in [2.75, 3.05) is 6.54 Å². The van der Waals surface area contributed by atoms with E-state index in [1.807, 2.05) is 22.9 Å². The van der Waals surface area contributed by atoms with Gasteiger partial charge in [-0.1, -0.05) is 6.07 Å². The maximum atomic E-state index is 12.8. The lowest BCUT2D eigenvalue weighted by Crippen LogP contribution is -2.40. The smallest absolute Gasteiger partial charge is 0.349 e. The molecule has 0 aliphatic carbocycles. The van der Waals surface area contributed by atoms with E-state index < -0.39 is 27.8 Å². The first kappa shape index (κ1) is 16.1. The van der Waals surface area contributed by atoms with Crippen LogP contribution in [0.15, 0.2) is 47.5 Å². The summed E-state index contributed by atoms with van der Waals surface area (Å²) in [6, 6.07) is 7.08. The summed E-state index contributed by atoms with van der Waals surface area (Å²) in [5, 5.41) is 0. The van der Waals surface area contributed by atoms with E-state index in [9.17, 15) is 21.6 Å². The summed E-state index contributed by atoms with van der Waals surface area (Å²) in [6.45, 7) is 2.43. The molecule has 2 aromatic rings. The molecule has 0 amide bonds. The standard InChI is InChI=1S/C15H15F3N2O2S/c1-11-14-6-3-7-19(14)8-9-20(11)23(21,22)13-5-2-4-12(10-13)15(16,17)18/h2-7,10-11H,8-9H2,1H3. The maximum Gasteiger partial charge on any atom is 0.416 e. The Morgan fingerprint density at radius 1 is 1.13 bits per heavy atom. The number of nitrogens with zero attached hydrogens (tertiary/aromatic N) is 2. The molecule has 8 heteroatoms. The summed E-state index contributed by atoms with van der Waals surface area (Å²) < 4.78 is 67.2. The number of hydrogen-bond donors (Lipinski definition) is 0. The molecule has 4 nitrogen and oxygen atoms in total. The van der Waals surface area contributed by atoms with Gasteiger partial charge in [0.05, 0.1) is 16.5 Å². The Bertz CT molecular complexity index is 827. The van der Waals surface area contributed by atoms with Gasteiger partial charge in [0.25, 0.3) is 0 Å². The number of sulfonamides is 1. The first-order chi connectivity index (χ1) is 10.7. The van der Waals surface area contributed by atoms with E-state index in [0.717, 1.165) is 17.8 Å². The third kappa shape index (κ3) is 2.76. The Morgan fingerprint density at radius 3 is 2.57 bits per heavy atom. The van der Waals surface area contributed by atoms with Crippen LogP contribution in [-0.2, 0) is 22.7 Å². The van der Waals surface area contributed by atoms with Crippen LogP contribution < -0.4 is 0 Å². The van der Waals surface area contributed by atoms with Crippen molar-refractivity contribution in [1.82, 2.24) is 8.87 Å². The van der Waals surface area contributed by atoms with E-state index in [4.69, 9.17) is 0 Å². The minimum atomic E-state index is -4.58. The summed E-state index contributed by atoms with van der Waals surface area (Å²) >= 11 is 0. The normalized spacial score (nSPS) is 19.6. The molecule has 0 bridgehead atoms. The second-order valence-electron chi connectivity index (χ2n) is 5.44. The Labute approximate surface area is 132 Å². The number of rotatable bonds is 2. The van der Waals surface area contributed by atoms with Crippen LogP contribution in [0.4, 0.5) is 13.2 Å². The number of hydrogen-bond acceptors (Lipinski definition) is 2. The number of benzene rings is 1. The molecule has 1 aromatic carbocycles. The average molecular weight is 344 g/mol. The molecular weight excluding hydrogens is 329 g/mol. The van der Waals surface area contributed by atoms with Crippen LogP contribution in [0.1, 0.15) is 24.2 Å². The average Bonchev–Trinajstić information content (AvgIpc) is 2.96. The predicted molar refractivity (Wildman–Crippen MR) is 78.2 cm³/mol. The Morgan fingerprint density at radius 2 is 1.87 bits per heavy atom. The van der Waals surface area contributed by atoms with Gasteiger partial charge in [0.2, 0.25) is 10.0 Å². The summed E-state index contributed by atoms with van der Waals surface area (Å²) in [7, 11) is -3.99. The van der Waals surface area contributed by atoms with E-state index >= 15 is 0 Å². The molecule has 1 aromatic heterocycles. The van der Waals surface area contributed by atoms with Crippen LogP contribution in [0.5, 0.6) is 0 Å². The molecule has 1 aliphatic heterocycles. The van der Waals surface area contributed by atoms with Gasteiger partial charge in [0.15, 0.2) is 0 Å². The zero-order valence-electron chi connectivity index (χ0n) is 12.3. The lowest BCUT2D eigenvalue weighted by molar-refractivity contribution is -0.137. The fraction of sp³-hybridized carbons (Fsp3) is 0.333. The fourth-order valence-electron chi connectivity index (χ4n) is 2.85. The van der Waals surface area contributed by atoms with Crippen molar-refractivity contribution in [3.63, 3.8) is 0 Å². The zero-order valence-corrected chi connectivity index (χ0v) is 13.1. The third-order valence-electron chi connectivity index (χ3n) is 4.05. The number of halogens is 3. The Hall–Kier alpha value is -1.80. The van der Waals surface area contributed by atoms with Gasteiger partial charge < -0.3 is 4.57 Å². The molecule has 2 heterocycles. The molecule has 1 atom stereocenters. The van der Waals surface area contributed by atoms with Crippen LogP contribution in [0.3, 0.4) is 0 Å². The summed E-state index contributed by atoms with van der Waals surface area (Å²) in [4.78, 5) is -0.334. The third-order valence-corrected chi connectivity index (χ3v) is 6.02. The molecular formula is C15H15F3N2O2S. The second kappa shape index (κ2) is 5.38. The SMILES string of the molecule is CC1c2cccn2CCN1S(=O)(=O)c1cccc(C(F)(F)F)c1. The molecule has 1 aliphatic rings. The maximum absolute atomic E-state index is 12.8. The van der Waals surface area contributed by atoms with Gasteiger partial charge in [-0.05, 0) is 37.3 Å². The van der Waals surface area contributed by atoms with Crippen molar-refractivity contribution in [3.8, 4) is 0 Å². The first-order valence-corrected chi connectivity index (χ1v) is 8.49. The molecule has 0 saturated heterocycles. The van der Waals surface area contributed by atoms with Crippen molar-refractivity contribution in [2.45, 2.75) is 30.6 Å². The molecule has 0 radical (unpaired) electrons. The van der Waals surface area contributed by atoms with Crippen molar-refractivity contribution >= 4 is 10.0 Å². The van der Waals surface area contributed by atoms with Crippen molar-refractivity contribution in [3.05, 3.63) is 53.9 Å². The molecule has 0 fully saturated rings. The van der Waals surface area contributed by atoms with Crippen molar-refractivity contribution in [1.29, 1.82) is 0 Å². The topological polar surface area (TPSA) is 42.3 Å². The highest BCUT2D eigenvalue weighted by Crippen LogP contribution is 2.34. The van der Waals surface area contributed by atoms with Crippen molar-refractivity contribution < 1.29 is 21.6 Å². The molecule has 0 spiro atoms. The number of fused-ring (bicyclic) bond motifs is 1. The predicted octanol–water partition coefficient (Wildman–Crippen LogP) is 3.27. The Balaban J connectivity index is 2.00. The van der Waals surface area contributed by atoms with Crippen LogP contribution in [0.25, 0.3) is 0 Å². The van der Waals surface area contributed by atoms with E-state index in [0.29, 0.717) is 12.6 Å². The zero-order chi connectivity index (χ0) is 16.8. The van der Waals surface area contributed by atoms with E-state index in [-0.39, 0.29) is 11.4 Å². The Kier molecular flexibility index (Phi) is 3.76. The van der Waals surface area contributed by atoms with Gasteiger partial charge >= 0.3 is 6.18 Å². The van der Waals surface area contributed by atoms with Crippen LogP contribution in [0.2, 0.25) is 0 Å². The monoisotopic (exact) mass is 344 g/mol. The van der Waals surface area contributed by atoms with E-state index in [1.165, 1.54) is 10.4 Å². The highest BCUT2D eigenvalue weighted by atomic mass is 32.2. The summed E-state index contributed by atoms with van der Waals surface area (Å²) in [5.41, 5.74) is -0.140. The van der Waals surface area contributed by atoms with Gasteiger partial charge in [-0.2, -0.15) is 17.5 Å². The first-order valence-electron chi connectivity index (χ1n) is 7.05. The van der Waals surface area contributed by atoms with Crippen molar-refractivity contribution in [2.24, 2.45) is 0 Å². The minimum Gasteiger partial charge on any atom is -0.349 e. The summed E-state index contributed by atoms with van der Waals surface area (Å²) in [6.07, 6.45) is -2.71. The number of aromatic nitrogens is 1. The number of alkyl halides is 3. The lowest BCUT2D eigenvalue weighted by Gasteiger charge is -2.34. The highest BCUT2D eigenvalue weighted by molar-refractivity contribution is 7.89. The lowest BCUT2D eigenvalue weighted by atomic mass is 10.2. The molecule has 3 rings (SSSR count). The highest BCUT2D eigenvalue weighted by Gasteiger charge is 2.36. The minimum absolute atomic E-state index is 0.224. The largest absolute Gasteiger partial charge is 0.416 e. The molecule has 23 heavy (non-hydrogen) atoms. The van der Waals surface area contributed by atoms with Crippen LogP contribution >= 0.6 is 0 Å². The molecule has 0 saturated carbocycles. The summed E-state index contributed by atoms with van der Waals surface area (Å²) in [5.74, 6) is 0. The van der Waals surface area contributed by atoms with Gasteiger partial charge in [-0.15, -0.1) is 0 Å². The molecule has 0 N–H and O–H groups in total. The van der Waals surface area contributed by atoms with E-state index in [1.54, 1.807) is 6.92 Å².